The summed E-state index contributed by atoms with van der Waals surface area (Å²) in [6, 6.07) is 6.99. The van der Waals surface area contributed by atoms with E-state index in [1.807, 2.05) is 0 Å². The van der Waals surface area contributed by atoms with Crippen molar-refractivity contribution in [3.05, 3.63) is 34.9 Å². The summed E-state index contributed by atoms with van der Waals surface area (Å²) in [5.41, 5.74) is 6.11. The Bertz CT molecular complexity index is 467. The van der Waals surface area contributed by atoms with Gasteiger partial charge in [0.05, 0.1) is 0 Å². The van der Waals surface area contributed by atoms with E-state index in [9.17, 15) is 9.59 Å². The molecule has 0 aromatic heterocycles. The van der Waals surface area contributed by atoms with E-state index in [1.54, 1.807) is 24.3 Å². The van der Waals surface area contributed by atoms with E-state index in [0.29, 0.717) is 5.02 Å². The molecule has 1 aromatic rings. The van der Waals surface area contributed by atoms with Crippen LogP contribution in [0.2, 0.25) is 5.02 Å². The van der Waals surface area contributed by atoms with Gasteiger partial charge in [0.2, 0.25) is 5.91 Å². The van der Waals surface area contributed by atoms with Crippen LogP contribution in [0.15, 0.2) is 24.3 Å². The van der Waals surface area contributed by atoms with Gasteiger partial charge in [0.25, 0.3) is 5.24 Å². The van der Waals surface area contributed by atoms with Crippen molar-refractivity contribution < 1.29 is 9.59 Å². The zero-order chi connectivity index (χ0) is 12.4. The zero-order valence-corrected chi connectivity index (χ0v) is 10.5. The second kappa shape index (κ2) is 5.08. The van der Waals surface area contributed by atoms with Crippen molar-refractivity contribution in [1.29, 1.82) is 0 Å². The molecule has 6 heteroatoms. The lowest BCUT2D eigenvalue weighted by Gasteiger charge is -2.12. The van der Waals surface area contributed by atoms with Crippen LogP contribution in [0.1, 0.15) is 10.8 Å². The van der Waals surface area contributed by atoms with Gasteiger partial charge >= 0.3 is 0 Å². The molecule has 0 saturated carbocycles. The van der Waals surface area contributed by atoms with E-state index in [4.69, 9.17) is 17.3 Å². The molecule has 0 radical (unpaired) electrons. The van der Waals surface area contributed by atoms with Crippen LogP contribution in [-0.2, 0) is 4.79 Å². The highest BCUT2D eigenvalue weighted by Crippen LogP contribution is 2.39. The highest BCUT2D eigenvalue weighted by molar-refractivity contribution is 8.14. The van der Waals surface area contributed by atoms with E-state index >= 15 is 0 Å². The molecule has 1 aliphatic heterocycles. The number of imide groups is 1. The van der Waals surface area contributed by atoms with E-state index in [-0.39, 0.29) is 24.2 Å². The first-order chi connectivity index (χ1) is 8.13. The van der Waals surface area contributed by atoms with Crippen molar-refractivity contribution in [1.82, 2.24) is 4.90 Å². The van der Waals surface area contributed by atoms with Crippen molar-refractivity contribution in [2.75, 3.05) is 13.1 Å². The number of nitrogens with two attached hydrogens (primary N) is 1. The van der Waals surface area contributed by atoms with Gasteiger partial charge in [-0.15, -0.1) is 0 Å². The maximum atomic E-state index is 12.0. The third-order valence-corrected chi connectivity index (χ3v) is 3.80. The number of thioether (sulfide) groups is 1. The first-order valence-electron chi connectivity index (χ1n) is 5.11. The van der Waals surface area contributed by atoms with Crippen molar-refractivity contribution >= 4 is 34.5 Å². The summed E-state index contributed by atoms with van der Waals surface area (Å²) in [6.45, 7) is 0.544. The normalized spacial score (nSPS) is 20.1. The Morgan fingerprint density at radius 2 is 2.18 bits per heavy atom. The monoisotopic (exact) mass is 270 g/mol. The van der Waals surface area contributed by atoms with Gasteiger partial charge in [-0.3, -0.25) is 14.5 Å². The molecule has 1 aliphatic rings. The fraction of sp³-hybridized carbons (Fsp3) is 0.273. The molecule has 90 valence electrons. The number of hydrogen-bond donors (Lipinski definition) is 1. The molecule has 17 heavy (non-hydrogen) atoms. The van der Waals surface area contributed by atoms with Crippen LogP contribution in [0, 0.1) is 0 Å². The maximum Gasteiger partial charge on any atom is 0.289 e. The van der Waals surface area contributed by atoms with E-state index < -0.39 is 5.25 Å². The van der Waals surface area contributed by atoms with Gasteiger partial charge in [0, 0.05) is 18.1 Å². The fourth-order valence-corrected chi connectivity index (χ4v) is 2.88. The molecule has 1 atom stereocenters. The lowest BCUT2D eigenvalue weighted by atomic mass is 10.1. The molecule has 0 bridgehead atoms. The summed E-state index contributed by atoms with van der Waals surface area (Å²) in [5.74, 6) is -0.215. The van der Waals surface area contributed by atoms with Gasteiger partial charge in [0.15, 0.2) is 0 Å². The largest absolute Gasteiger partial charge is 0.329 e. The molecule has 2 rings (SSSR count). The summed E-state index contributed by atoms with van der Waals surface area (Å²) in [4.78, 5) is 24.8. The lowest BCUT2D eigenvalue weighted by molar-refractivity contribution is -0.126. The molecule has 1 heterocycles. The average molecular weight is 271 g/mol. The standard InChI is InChI=1S/C11H11ClN2O2S/c12-8-3-1-2-7(6-8)9-10(15)14(5-4-13)11(16)17-9/h1-3,6,9H,4-5,13H2/t9-/m1/s1. The fourth-order valence-electron chi connectivity index (χ4n) is 1.66. The number of carbonyl (C=O) groups excluding carboxylic acids is 2. The molecule has 0 aliphatic carbocycles. The van der Waals surface area contributed by atoms with Crippen LogP contribution < -0.4 is 5.73 Å². The average Bonchev–Trinajstić information content (AvgIpc) is 2.57. The highest BCUT2D eigenvalue weighted by Gasteiger charge is 2.39. The van der Waals surface area contributed by atoms with Crippen LogP contribution in [0.3, 0.4) is 0 Å². The quantitative estimate of drug-likeness (QED) is 0.913. The maximum absolute atomic E-state index is 12.0. The molecule has 2 amide bonds. The summed E-state index contributed by atoms with van der Waals surface area (Å²) < 4.78 is 0. The molecule has 1 aromatic carbocycles. The summed E-state index contributed by atoms with van der Waals surface area (Å²) in [6.07, 6.45) is 0. The second-order valence-corrected chi connectivity index (χ2v) is 5.09. The molecular weight excluding hydrogens is 260 g/mol. The molecule has 1 fully saturated rings. The Morgan fingerprint density at radius 1 is 1.41 bits per heavy atom. The summed E-state index contributed by atoms with van der Waals surface area (Å²) in [5, 5.41) is -0.182. The van der Waals surface area contributed by atoms with Crippen LogP contribution in [0.25, 0.3) is 0 Å². The first-order valence-corrected chi connectivity index (χ1v) is 6.37. The third kappa shape index (κ3) is 2.46. The first kappa shape index (κ1) is 12.4. The highest BCUT2D eigenvalue weighted by atomic mass is 35.5. The van der Waals surface area contributed by atoms with Crippen molar-refractivity contribution in [2.45, 2.75) is 5.25 Å². The number of hydrogen-bond acceptors (Lipinski definition) is 4. The van der Waals surface area contributed by atoms with Crippen LogP contribution in [0.5, 0.6) is 0 Å². The van der Waals surface area contributed by atoms with Gasteiger partial charge < -0.3 is 5.73 Å². The Hall–Kier alpha value is -1.04. The number of amides is 2. The van der Waals surface area contributed by atoms with Gasteiger partial charge in [-0.25, -0.2) is 0 Å². The topological polar surface area (TPSA) is 63.4 Å². The molecule has 2 N–H and O–H groups in total. The third-order valence-electron chi connectivity index (χ3n) is 2.43. The number of carbonyl (C=O) groups is 2. The Morgan fingerprint density at radius 3 is 2.82 bits per heavy atom. The van der Waals surface area contributed by atoms with Gasteiger partial charge in [-0.1, -0.05) is 23.7 Å². The Kier molecular flexibility index (Phi) is 3.71. The van der Waals surface area contributed by atoms with Gasteiger partial charge in [-0.2, -0.15) is 0 Å². The molecule has 0 unspecified atom stereocenters. The van der Waals surface area contributed by atoms with Crippen LogP contribution in [0.4, 0.5) is 4.79 Å². The summed E-state index contributed by atoms with van der Waals surface area (Å²) >= 11 is 6.87. The van der Waals surface area contributed by atoms with Gasteiger partial charge in [0.1, 0.15) is 5.25 Å². The molecule has 4 nitrogen and oxygen atoms in total. The smallest absolute Gasteiger partial charge is 0.289 e. The number of halogens is 1. The minimum atomic E-state index is -0.493. The predicted molar refractivity (Wildman–Crippen MR) is 67.9 cm³/mol. The number of nitrogens with zero attached hydrogens (tertiary/aromatic N) is 1. The van der Waals surface area contributed by atoms with E-state index in [2.05, 4.69) is 0 Å². The SMILES string of the molecule is NCCN1C(=O)S[C@H](c2cccc(Cl)c2)C1=O. The molecular formula is C11H11ClN2O2S. The Balaban J connectivity index is 2.24. The molecule has 1 saturated heterocycles. The number of rotatable bonds is 3. The van der Waals surface area contributed by atoms with E-state index in [0.717, 1.165) is 17.3 Å². The lowest BCUT2D eigenvalue weighted by Crippen LogP contribution is -2.34. The van der Waals surface area contributed by atoms with Crippen LogP contribution in [-0.4, -0.2) is 29.1 Å². The number of benzene rings is 1. The minimum absolute atomic E-state index is 0.215. The van der Waals surface area contributed by atoms with Gasteiger partial charge in [-0.05, 0) is 29.5 Å². The predicted octanol–water partition coefficient (Wildman–Crippen LogP) is 2.04. The van der Waals surface area contributed by atoms with Crippen molar-refractivity contribution in [2.24, 2.45) is 5.73 Å². The van der Waals surface area contributed by atoms with Crippen LogP contribution >= 0.6 is 23.4 Å². The Labute approximate surface area is 108 Å². The second-order valence-electron chi connectivity index (χ2n) is 3.60. The van der Waals surface area contributed by atoms with Crippen molar-refractivity contribution in [3.8, 4) is 0 Å². The summed E-state index contributed by atoms with van der Waals surface area (Å²) in [7, 11) is 0. The molecule has 0 spiro atoms. The van der Waals surface area contributed by atoms with E-state index in [1.165, 1.54) is 4.90 Å². The zero-order valence-electron chi connectivity index (χ0n) is 8.93. The van der Waals surface area contributed by atoms with Crippen molar-refractivity contribution in [3.63, 3.8) is 0 Å². The minimum Gasteiger partial charge on any atom is -0.329 e.